The summed E-state index contributed by atoms with van der Waals surface area (Å²) in [6.45, 7) is 6.70. The molecular weight excluding hydrogens is 678 g/mol. The molecule has 0 bridgehead atoms. The van der Waals surface area contributed by atoms with Crippen molar-refractivity contribution >= 4 is 52.0 Å². The van der Waals surface area contributed by atoms with Gasteiger partial charge < -0.3 is 10.6 Å². The minimum absolute atomic E-state index is 0.00138. The van der Waals surface area contributed by atoms with Crippen LogP contribution in [0.4, 0.5) is 56.7 Å². The SMILES string of the molecule is Nc1ccc(Cl)c(C(F)(F)F)c1.[C-]#[N+]c1cn(-c2ccc(Cl)c(C(F)(F)F)c2)nn1.[N-]=[N+]=Nc1ccc(Cl)c(C(F)(F)F)c1. The monoisotopic (exact) mass is 688 g/mol. The molecule has 0 fully saturated rings. The van der Waals surface area contributed by atoms with Gasteiger partial charge in [-0.2, -0.15) is 39.5 Å². The Labute approximate surface area is 255 Å². The average molecular weight is 690 g/mol. The van der Waals surface area contributed by atoms with Crippen molar-refractivity contribution in [3.05, 3.63) is 114 Å². The maximum Gasteiger partial charge on any atom is 0.417 e. The lowest BCUT2D eigenvalue weighted by molar-refractivity contribution is -0.138. The number of nitrogen functional groups attached to an aromatic ring is 1. The second kappa shape index (κ2) is 14.4. The maximum atomic E-state index is 12.6. The Morgan fingerprint density at radius 2 is 1.23 bits per heavy atom. The quantitative estimate of drug-likeness (QED) is 0.0565. The molecule has 0 aliphatic rings. The van der Waals surface area contributed by atoms with Crippen molar-refractivity contribution in [1.82, 2.24) is 15.0 Å². The highest BCUT2D eigenvalue weighted by molar-refractivity contribution is 6.32. The Balaban J connectivity index is 0.000000236. The van der Waals surface area contributed by atoms with E-state index in [9.17, 15) is 39.5 Å². The number of hydrogen-bond acceptors (Lipinski definition) is 4. The lowest BCUT2D eigenvalue weighted by Crippen LogP contribution is -2.07. The number of aromatic nitrogens is 3. The largest absolute Gasteiger partial charge is 0.417 e. The van der Waals surface area contributed by atoms with Crippen molar-refractivity contribution in [3.8, 4) is 5.69 Å². The summed E-state index contributed by atoms with van der Waals surface area (Å²) in [5.41, 5.74) is 10.4. The molecule has 232 valence electrons. The summed E-state index contributed by atoms with van der Waals surface area (Å²) in [6, 6.07) is 9.52. The number of rotatable bonds is 2. The molecule has 0 atom stereocenters. The van der Waals surface area contributed by atoms with Gasteiger partial charge in [0.1, 0.15) is 0 Å². The van der Waals surface area contributed by atoms with Crippen LogP contribution in [-0.4, -0.2) is 15.0 Å². The van der Waals surface area contributed by atoms with Crippen LogP contribution in [0.3, 0.4) is 0 Å². The number of hydrogen-bond donors (Lipinski definition) is 1. The van der Waals surface area contributed by atoms with E-state index in [0.29, 0.717) is 6.07 Å². The van der Waals surface area contributed by atoms with Crippen LogP contribution in [0, 0.1) is 6.57 Å². The molecule has 0 amide bonds. The Kier molecular flexibility index (Phi) is 11.7. The molecular formula is C24H12Cl3F9N8. The molecule has 4 aromatic rings. The van der Waals surface area contributed by atoms with Crippen LogP contribution in [0.2, 0.25) is 15.1 Å². The van der Waals surface area contributed by atoms with E-state index in [1.165, 1.54) is 24.4 Å². The third kappa shape index (κ3) is 10.1. The molecule has 4 rings (SSSR count). The Morgan fingerprint density at radius 1 is 0.750 bits per heavy atom. The van der Waals surface area contributed by atoms with Crippen LogP contribution in [0.25, 0.3) is 21.0 Å². The van der Waals surface area contributed by atoms with E-state index >= 15 is 0 Å². The van der Waals surface area contributed by atoms with Crippen LogP contribution in [-0.2, 0) is 18.5 Å². The van der Waals surface area contributed by atoms with Gasteiger partial charge in [0.25, 0.3) is 0 Å². The standard InChI is InChI=1S/C10H4ClF3N4.C7H3ClF3N3.C7H5ClF3N/c1-15-9-5-18(17-16-9)6-2-3-8(11)7(4-6)10(12,13)14;8-6-2-1-4(13-14-12)3-5(6)7(9,10)11;8-6-2-1-4(12)3-5(6)7(9,10)11/h2-5H;1-3H;1-3H,12H2. The lowest BCUT2D eigenvalue weighted by atomic mass is 10.2. The van der Waals surface area contributed by atoms with Crippen molar-refractivity contribution < 1.29 is 39.5 Å². The van der Waals surface area contributed by atoms with E-state index in [4.69, 9.17) is 52.6 Å². The highest BCUT2D eigenvalue weighted by Gasteiger charge is 2.35. The summed E-state index contributed by atoms with van der Waals surface area (Å²) < 4.78 is 112. The Hall–Kier alpha value is -4.36. The fourth-order valence-electron chi connectivity index (χ4n) is 2.91. The van der Waals surface area contributed by atoms with Gasteiger partial charge in [0, 0.05) is 26.6 Å². The van der Waals surface area contributed by atoms with Crippen LogP contribution < -0.4 is 5.73 Å². The smallest absolute Gasteiger partial charge is 0.399 e. The van der Waals surface area contributed by atoms with Crippen molar-refractivity contribution in [1.29, 1.82) is 0 Å². The zero-order chi connectivity index (χ0) is 33.5. The molecule has 0 aliphatic heterocycles. The predicted molar refractivity (Wildman–Crippen MR) is 144 cm³/mol. The number of anilines is 1. The molecule has 8 nitrogen and oxygen atoms in total. The number of nitrogens with two attached hydrogens (primary N) is 1. The summed E-state index contributed by atoms with van der Waals surface area (Å²) in [7, 11) is 0. The van der Waals surface area contributed by atoms with E-state index in [2.05, 4.69) is 25.2 Å². The first kappa shape index (κ1) is 35.8. The molecule has 20 heteroatoms. The fourth-order valence-corrected chi connectivity index (χ4v) is 3.58. The molecule has 3 aromatic carbocycles. The normalized spacial score (nSPS) is 11.2. The fraction of sp³-hybridized carbons (Fsp3) is 0.125. The molecule has 1 heterocycles. The third-order valence-electron chi connectivity index (χ3n) is 4.83. The van der Waals surface area contributed by atoms with Gasteiger partial charge in [-0.3, -0.25) is 0 Å². The molecule has 0 unspecified atom stereocenters. The molecule has 1 aromatic heterocycles. The number of halogens is 12. The van der Waals surface area contributed by atoms with E-state index in [1.807, 2.05) is 0 Å². The lowest BCUT2D eigenvalue weighted by Gasteiger charge is -2.10. The van der Waals surface area contributed by atoms with Crippen LogP contribution in [0.5, 0.6) is 0 Å². The minimum atomic E-state index is -4.55. The summed E-state index contributed by atoms with van der Waals surface area (Å²) in [6.07, 6.45) is -12.3. The Bertz CT molecular complexity index is 1700. The minimum Gasteiger partial charge on any atom is -0.399 e. The first-order valence-corrected chi connectivity index (χ1v) is 12.1. The summed E-state index contributed by atoms with van der Waals surface area (Å²) in [5.74, 6) is -0.00138. The average Bonchev–Trinajstić information content (AvgIpc) is 3.40. The van der Waals surface area contributed by atoms with Gasteiger partial charge in [0.05, 0.1) is 43.6 Å². The van der Waals surface area contributed by atoms with E-state index in [1.54, 1.807) is 0 Å². The van der Waals surface area contributed by atoms with Gasteiger partial charge >= 0.3 is 24.3 Å². The van der Waals surface area contributed by atoms with E-state index < -0.39 is 45.3 Å². The van der Waals surface area contributed by atoms with Crippen LogP contribution in [0.15, 0.2) is 65.9 Å². The summed E-state index contributed by atoms with van der Waals surface area (Å²) in [4.78, 5) is 5.39. The molecule has 0 aliphatic carbocycles. The maximum absolute atomic E-state index is 12.6. The second-order valence-electron chi connectivity index (χ2n) is 7.88. The molecule has 0 saturated heterocycles. The molecule has 2 N–H and O–H groups in total. The van der Waals surface area contributed by atoms with Crippen LogP contribution in [0.1, 0.15) is 16.7 Å². The Morgan fingerprint density at radius 3 is 1.68 bits per heavy atom. The first-order chi connectivity index (χ1) is 20.3. The molecule has 0 radical (unpaired) electrons. The number of nitrogens with zero attached hydrogens (tertiary/aromatic N) is 7. The van der Waals surface area contributed by atoms with Crippen molar-refractivity contribution in [2.24, 2.45) is 5.11 Å². The van der Waals surface area contributed by atoms with Crippen molar-refractivity contribution in [3.63, 3.8) is 0 Å². The topological polar surface area (TPSA) is 110 Å². The van der Waals surface area contributed by atoms with Gasteiger partial charge in [0.15, 0.2) is 0 Å². The van der Waals surface area contributed by atoms with E-state index in [0.717, 1.165) is 35.0 Å². The van der Waals surface area contributed by atoms with Crippen molar-refractivity contribution in [2.75, 3.05) is 5.73 Å². The van der Waals surface area contributed by atoms with Gasteiger partial charge in [0.2, 0.25) is 0 Å². The van der Waals surface area contributed by atoms with E-state index in [-0.39, 0.29) is 27.9 Å². The molecule has 44 heavy (non-hydrogen) atoms. The summed E-state index contributed by atoms with van der Waals surface area (Å²) >= 11 is 16.1. The third-order valence-corrected chi connectivity index (χ3v) is 5.82. The van der Waals surface area contributed by atoms with Crippen LogP contribution >= 0.6 is 34.8 Å². The van der Waals surface area contributed by atoms with Gasteiger partial charge in [-0.25, -0.2) is 4.68 Å². The van der Waals surface area contributed by atoms with Gasteiger partial charge in [-0.1, -0.05) is 52.6 Å². The molecule has 0 saturated carbocycles. The van der Waals surface area contributed by atoms with Gasteiger partial charge in [-0.15, -0.1) is 0 Å². The highest BCUT2D eigenvalue weighted by atomic mass is 35.5. The zero-order valence-electron chi connectivity index (χ0n) is 21.0. The first-order valence-electron chi connectivity index (χ1n) is 11.0. The number of alkyl halides is 9. The van der Waals surface area contributed by atoms with Crippen molar-refractivity contribution in [2.45, 2.75) is 18.5 Å². The van der Waals surface area contributed by atoms with Gasteiger partial charge in [-0.05, 0) is 54.1 Å². The predicted octanol–water partition coefficient (Wildman–Crippen LogP) is 10.7. The summed E-state index contributed by atoms with van der Waals surface area (Å²) in [5, 5.41) is 8.92. The highest BCUT2D eigenvalue weighted by Crippen LogP contribution is 2.38. The number of azide groups is 1. The molecule has 0 spiro atoms. The zero-order valence-corrected chi connectivity index (χ0v) is 23.3. The number of benzene rings is 3. The second-order valence-corrected chi connectivity index (χ2v) is 9.11.